The maximum atomic E-state index is 0. The third-order valence-electron chi connectivity index (χ3n) is 0. The SMILES string of the molecule is I.I.I.I.[Hf]. The molecule has 5 heteroatoms. The summed E-state index contributed by atoms with van der Waals surface area (Å²) in [7, 11) is 0. The molecule has 0 aromatic carbocycles. The van der Waals surface area contributed by atoms with Crippen LogP contribution in [0.4, 0.5) is 0 Å². The van der Waals surface area contributed by atoms with Crippen LogP contribution >= 0.6 is 95.9 Å². The monoisotopic (exact) mass is 692 g/mol. The van der Waals surface area contributed by atoms with Crippen LogP contribution in [0.25, 0.3) is 0 Å². The van der Waals surface area contributed by atoms with E-state index in [2.05, 4.69) is 0 Å². The smallest absolute Gasteiger partial charge is 0 e. The fourth-order valence-corrected chi connectivity index (χ4v) is 0. The van der Waals surface area contributed by atoms with Gasteiger partial charge in [0, 0.05) is 25.8 Å². The largest absolute Gasteiger partial charge is 0.107 e. The molecule has 0 aromatic heterocycles. The number of halogens is 4. The quantitative estimate of drug-likeness (QED) is 0.271. The standard InChI is InChI=1S/Hf.4HI/h;4*1H. The summed E-state index contributed by atoms with van der Waals surface area (Å²) in [6.45, 7) is 0. The summed E-state index contributed by atoms with van der Waals surface area (Å²) in [5, 5.41) is 0. The van der Waals surface area contributed by atoms with Gasteiger partial charge in [-0.1, -0.05) is 0 Å². The molecule has 0 spiro atoms. The Hall–Kier alpha value is 3.79. The van der Waals surface area contributed by atoms with Crippen LogP contribution in [0, 0.1) is 0 Å². The Kier molecular flexibility index (Phi) is 186. The molecule has 0 saturated heterocycles. The first-order chi connectivity index (χ1) is 0. The minimum Gasteiger partial charge on any atom is -0.107 e. The molecule has 0 N–H and O–H groups in total. The molecule has 0 aliphatic heterocycles. The van der Waals surface area contributed by atoms with Gasteiger partial charge < -0.3 is 0 Å². The van der Waals surface area contributed by atoms with Crippen molar-refractivity contribution >= 4 is 95.9 Å². The fraction of sp³-hybridized carbons (Fsp3) is 0. The van der Waals surface area contributed by atoms with Crippen molar-refractivity contribution in [3.63, 3.8) is 0 Å². The van der Waals surface area contributed by atoms with E-state index in [4.69, 9.17) is 0 Å². The summed E-state index contributed by atoms with van der Waals surface area (Å²) in [6, 6.07) is 0. The van der Waals surface area contributed by atoms with E-state index in [1.165, 1.54) is 0 Å². The Morgan fingerprint density at radius 3 is 0.400 bits per heavy atom. The van der Waals surface area contributed by atoms with Gasteiger partial charge in [0.15, 0.2) is 0 Å². The van der Waals surface area contributed by atoms with E-state index in [1.54, 1.807) is 0 Å². The molecule has 0 nitrogen and oxygen atoms in total. The van der Waals surface area contributed by atoms with Crippen molar-refractivity contribution in [3.8, 4) is 0 Å². The van der Waals surface area contributed by atoms with Gasteiger partial charge in [0.1, 0.15) is 0 Å². The van der Waals surface area contributed by atoms with Crippen molar-refractivity contribution in [1.29, 1.82) is 0 Å². The van der Waals surface area contributed by atoms with Gasteiger partial charge in [-0.3, -0.25) is 0 Å². The van der Waals surface area contributed by atoms with Gasteiger partial charge in [0.25, 0.3) is 0 Å². The summed E-state index contributed by atoms with van der Waals surface area (Å²) in [5.74, 6) is 0. The van der Waals surface area contributed by atoms with E-state index >= 15 is 0 Å². The maximum Gasteiger partial charge on any atom is 0 e. The molecule has 0 unspecified atom stereocenters. The summed E-state index contributed by atoms with van der Waals surface area (Å²) in [5.41, 5.74) is 0. The molecular formula is H4HfI4. The van der Waals surface area contributed by atoms with Gasteiger partial charge in [-0.05, 0) is 0 Å². The summed E-state index contributed by atoms with van der Waals surface area (Å²) in [4.78, 5) is 0. The van der Waals surface area contributed by atoms with Gasteiger partial charge in [-0.15, -0.1) is 95.9 Å². The molecule has 0 bridgehead atoms. The van der Waals surface area contributed by atoms with Crippen molar-refractivity contribution in [2.45, 2.75) is 0 Å². The Bertz CT molecular complexity index is 3.61. The predicted molar refractivity (Wildman–Crippen MR) is 61.7 cm³/mol. The zero-order chi connectivity index (χ0) is 0. The van der Waals surface area contributed by atoms with Crippen molar-refractivity contribution in [2.24, 2.45) is 0 Å². The molecule has 0 atom stereocenters. The number of hydrogen-bond acceptors (Lipinski definition) is 0. The molecule has 5 heavy (non-hydrogen) atoms. The maximum absolute atomic E-state index is 0. The van der Waals surface area contributed by atoms with Gasteiger partial charge in [0.05, 0.1) is 0 Å². The first kappa shape index (κ1) is 37.1. The molecule has 0 radical (unpaired) electrons. The van der Waals surface area contributed by atoms with Crippen molar-refractivity contribution < 1.29 is 25.8 Å². The zero-order valence-corrected chi connectivity index (χ0v) is 15.0. The predicted octanol–water partition coefficient (Wildman–Crippen LogP) is 2.47. The first-order valence-corrected chi connectivity index (χ1v) is 0. The van der Waals surface area contributed by atoms with E-state index in [-0.39, 0.29) is 122 Å². The average molecular weight is 690 g/mol. The topological polar surface area (TPSA) is 0 Å². The molecule has 0 aromatic rings. The first-order valence-electron chi connectivity index (χ1n) is 0. The molecule has 0 aliphatic rings. The van der Waals surface area contributed by atoms with Crippen LogP contribution in [0.3, 0.4) is 0 Å². The van der Waals surface area contributed by atoms with Crippen LogP contribution in [-0.4, -0.2) is 0 Å². The Labute approximate surface area is 119 Å². The molecule has 0 heterocycles. The van der Waals surface area contributed by atoms with Crippen LogP contribution in [0.15, 0.2) is 0 Å². The minimum absolute atomic E-state index is 0. The molecule has 36 valence electrons. The van der Waals surface area contributed by atoms with Gasteiger partial charge in [-0.2, -0.15) is 0 Å². The molecule has 0 saturated carbocycles. The van der Waals surface area contributed by atoms with Crippen LogP contribution in [-0.2, 0) is 25.8 Å². The van der Waals surface area contributed by atoms with Crippen molar-refractivity contribution in [3.05, 3.63) is 0 Å². The Balaban J connectivity index is 0. The van der Waals surface area contributed by atoms with E-state index in [0.717, 1.165) is 0 Å². The zero-order valence-electron chi connectivity index (χ0n) is 2.13. The van der Waals surface area contributed by atoms with Crippen LogP contribution in [0.2, 0.25) is 0 Å². The second-order valence-electron chi connectivity index (χ2n) is 0. The van der Waals surface area contributed by atoms with E-state index in [0.29, 0.717) is 0 Å². The normalized spacial score (nSPS) is 0. The summed E-state index contributed by atoms with van der Waals surface area (Å²) >= 11 is 0. The Morgan fingerprint density at radius 2 is 0.400 bits per heavy atom. The fourth-order valence-electron chi connectivity index (χ4n) is 0. The molecule has 0 rings (SSSR count). The summed E-state index contributed by atoms with van der Waals surface area (Å²) < 4.78 is 0. The van der Waals surface area contributed by atoms with E-state index in [1.807, 2.05) is 0 Å². The number of hydrogen-bond donors (Lipinski definition) is 0. The van der Waals surface area contributed by atoms with Gasteiger partial charge in [-0.25, -0.2) is 0 Å². The Morgan fingerprint density at radius 1 is 0.400 bits per heavy atom. The third kappa shape index (κ3) is 18.2. The van der Waals surface area contributed by atoms with Gasteiger partial charge in [0.2, 0.25) is 0 Å². The molecule has 0 amide bonds. The minimum atomic E-state index is 0. The van der Waals surface area contributed by atoms with Crippen LogP contribution in [0.5, 0.6) is 0 Å². The van der Waals surface area contributed by atoms with E-state index in [9.17, 15) is 0 Å². The van der Waals surface area contributed by atoms with Gasteiger partial charge >= 0.3 is 0 Å². The van der Waals surface area contributed by atoms with Crippen LogP contribution < -0.4 is 0 Å². The second-order valence-corrected chi connectivity index (χ2v) is 0. The molecule has 0 fully saturated rings. The summed E-state index contributed by atoms with van der Waals surface area (Å²) in [6.07, 6.45) is 0. The average Bonchev–Trinajstić information content (AvgIpc) is 0. The molecule has 0 aliphatic carbocycles. The van der Waals surface area contributed by atoms with Crippen LogP contribution in [0.1, 0.15) is 0 Å². The van der Waals surface area contributed by atoms with Crippen molar-refractivity contribution in [1.82, 2.24) is 0 Å². The number of rotatable bonds is 0. The van der Waals surface area contributed by atoms with E-state index < -0.39 is 0 Å². The second kappa shape index (κ2) is 25.0. The third-order valence-corrected chi connectivity index (χ3v) is 0. The van der Waals surface area contributed by atoms with Crippen molar-refractivity contribution in [2.75, 3.05) is 0 Å². The molecular weight excluding hydrogens is 686 g/mol.